The van der Waals surface area contributed by atoms with E-state index in [9.17, 15) is 4.79 Å². The van der Waals surface area contributed by atoms with Crippen LogP contribution >= 0.6 is 12.4 Å². The second-order valence-corrected chi connectivity index (χ2v) is 8.03. The number of nitrogens with zero attached hydrogens (tertiary/aromatic N) is 3. The molecule has 1 aliphatic carbocycles. The SMILES string of the molecule is CCc1cnc(C)nc1N1C[C@H](NC(=O)C2CCOCC2)[C@@H](C2CC2)C1.Cl. The molecule has 0 aromatic carbocycles. The molecule has 0 bridgehead atoms. The normalized spacial score (nSPS) is 25.9. The molecule has 7 heteroatoms. The van der Waals surface area contributed by atoms with Crippen molar-refractivity contribution in [3.8, 4) is 0 Å². The van der Waals surface area contributed by atoms with Crippen molar-refractivity contribution < 1.29 is 9.53 Å². The summed E-state index contributed by atoms with van der Waals surface area (Å²) in [6.07, 6.45) is 7.18. The van der Waals surface area contributed by atoms with Gasteiger partial charge in [0.05, 0.1) is 6.04 Å². The molecule has 1 aromatic rings. The molecule has 1 amide bonds. The third-order valence-corrected chi connectivity index (χ3v) is 6.15. The van der Waals surface area contributed by atoms with Crippen molar-refractivity contribution in [3.63, 3.8) is 0 Å². The Labute approximate surface area is 167 Å². The van der Waals surface area contributed by atoms with E-state index < -0.39 is 0 Å². The van der Waals surface area contributed by atoms with Crippen molar-refractivity contribution in [3.05, 3.63) is 17.6 Å². The lowest BCUT2D eigenvalue weighted by atomic mass is 9.95. The van der Waals surface area contributed by atoms with Gasteiger partial charge in [-0.3, -0.25) is 4.79 Å². The van der Waals surface area contributed by atoms with Crippen LogP contribution < -0.4 is 10.2 Å². The van der Waals surface area contributed by atoms with Gasteiger partial charge < -0.3 is 15.0 Å². The van der Waals surface area contributed by atoms with Crippen LogP contribution in [0.5, 0.6) is 0 Å². The van der Waals surface area contributed by atoms with Gasteiger partial charge in [-0.15, -0.1) is 12.4 Å². The van der Waals surface area contributed by atoms with E-state index in [-0.39, 0.29) is 30.3 Å². The molecule has 6 nitrogen and oxygen atoms in total. The maximum absolute atomic E-state index is 12.8. The van der Waals surface area contributed by atoms with Crippen LogP contribution in [0.25, 0.3) is 0 Å². The summed E-state index contributed by atoms with van der Waals surface area (Å²) < 4.78 is 5.40. The van der Waals surface area contributed by atoms with Gasteiger partial charge in [-0.25, -0.2) is 9.97 Å². The van der Waals surface area contributed by atoms with Gasteiger partial charge in [0.15, 0.2) is 0 Å². The van der Waals surface area contributed by atoms with Crippen LogP contribution in [0.4, 0.5) is 5.82 Å². The second-order valence-electron chi connectivity index (χ2n) is 8.03. The molecule has 4 rings (SSSR count). The Kier molecular flexibility index (Phi) is 6.58. The molecule has 1 aromatic heterocycles. The van der Waals surface area contributed by atoms with Crippen LogP contribution in [0.1, 0.15) is 44.0 Å². The van der Waals surface area contributed by atoms with E-state index in [4.69, 9.17) is 9.72 Å². The van der Waals surface area contributed by atoms with Crippen molar-refractivity contribution in [1.29, 1.82) is 0 Å². The molecule has 2 atom stereocenters. The first-order valence-electron chi connectivity index (χ1n) is 10.1. The molecule has 1 N–H and O–H groups in total. The van der Waals surface area contributed by atoms with Gasteiger partial charge in [-0.1, -0.05) is 6.92 Å². The summed E-state index contributed by atoms with van der Waals surface area (Å²) in [4.78, 5) is 24.2. The topological polar surface area (TPSA) is 67.4 Å². The number of carbonyl (C=O) groups excluding carboxylic acids is 1. The number of aryl methyl sites for hydroxylation is 2. The molecule has 0 spiro atoms. The van der Waals surface area contributed by atoms with Crippen molar-refractivity contribution in [2.24, 2.45) is 17.8 Å². The zero-order valence-corrected chi connectivity index (χ0v) is 17.1. The predicted octanol–water partition coefficient (Wildman–Crippen LogP) is 2.53. The van der Waals surface area contributed by atoms with Gasteiger partial charge >= 0.3 is 0 Å². The monoisotopic (exact) mass is 394 g/mol. The van der Waals surface area contributed by atoms with Crippen molar-refractivity contribution >= 4 is 24.1 Å². The fourth-order valence-electron chi connectivity index (χ4n) is 4.42. The minimum atomic E-state index is 0. The summed E-state index contributed by atoms with van der Waals surface area (Å²) in [5.74, 6) is 3.51. The van der Waals surface area contributed by atoms with Gasteiger partial charge in [-0.05, 0) is 44.9 Å². The number of hydrogen-bond acceptors (Lipinski definition) is 5. The Bertz CT molecular complexity index is 661. The van der Waals surface area contributed by atoms with Crippen LogP contribution in [0.2, 0.25) is 0 Å². The largest absolute Gasteiger partial charge is 0.381 e. The van der Waals surface area contributed by atoms with E-state index in [0.717, 1.165) is 49.9 Å². The Balaban J connectivity index is 0.00000210. The highest BCUT2D eigenvalue weighted by Crippen LogP contribution is 2.42. The maximum Gasteiger partial charge on any atom is 0.223 e. The lowest BCUT2D eigenvalue weighted by Gasteiger charge is -2.25. The quantitative estimate of drug-likeness (QED) is 0.831. The van der Waals surface area contributed by atoms with Gasteiger partial charge in [0, 0.05) is 49.9 Å². The first-order valence-corrected chi connectivity index (χ1v) is 10.1. The summed E-state index contributed by atoms with van der Waals surface area (Å²) in [6, 6.07) is 0.234. The molecule has 150 valence electrons. The fraction of sp³-hybridized carbons (Fsp3) is 0.750. The number of ether oxygens (including phenoxy) is 1. The predicted molar refractivity (Wildman–Crippen MR) is 107 cm³/mol. The zero-order chi connectivity index (χ0) is 18.1. The molecular weight excluding hydrogens is 364 g/mol. The minimum absolute atomic E-state index is 0. The highest BCUT2D eigenvalue weighted by Gasteiger charge is 2.44. The van der Waals surface area contributed by atoms with E-state index in [1.807, 2.05) is 13.1 Å². The highest BCUT2D eigenvalue weighted by atomic mass is 35.5. The summed E-state index contributed by atoms with van der Waals surface area (Å²) in [5, 5.41) is 3.39. The number of anilines is 1. The van der Waals surface area contributed by atoms with E-state index in [1.165, 1.54) is 18.4 Å². The third kappa shape index (κ3) is 4.54. The summed E-state index contributed by atoms with van der Waals surface area (Å²) in [7, 11) is 0. The Morgan fingerprint density at radius 2 is 2.00 bits per heavy atom. The molecular formula is C20H31ClN4O2. The smallest absolute Gasteiger partial charge is 0.223 e. The van der Waals surface area contributed by atoms with Gasteiger partial charge in [0.25, 0.3) is 0 Å². The average Bonchev–Trinajstić information content (AvgIpc) is 3.43. The standard InChI is InChI=1S/C20H30N4O2.ClH/c1-3-14-10-21-13(2)22-19(14)24-11-17(15-4-5-15)18(12-24)23-20(25)16-6-8-26-9-7-16;/h10,15-18H,3-9,11-12H2,1-2H3,(H,23,25);1H/t17-,18+;/m1./s1. The number of nitrogens with one attached hydrogen (secondary N) is 1. The Morgan fingerprint density at radius 1 is 1.26 bits per heavy atom. The molecule has 2 saturated heterocycles. The van der Waals surface area contributed by atoms with Crippen LogP contribution in [0.15, 0.2) is 6.20 Å². The van der Waals surface area contributed by atoms with Gasteiger partial charge in [0.2, 0.25) is 5.91 Å². The van der Waals surface area contributed by atoms with Crippen molar-refractivity contribution in [2.45, 2.75) is 52.0 Å². The van der Waals surface area contributed by atoms with E-state index in [0.29, 0.717) is 19.1 Å². The number of aromatic nitrogens is 2. The van der Waals surface area contributed by atoms with E-state index in [1.54, 1.807) is 0 Å². The van der Waals surface area contributed by atoms with Gasteiger partial charge in [0.1, 0.15) is 11.6 Å². The van der Waals surface area contributed by atoms with Crippen molar-refractivity contribution in [1.82, 2.24) is 15.3 Å². The molecule has 3 fully saturated rings. The Morgan fingerprint density at radius 3 is 2.67 bits per heavy atom. The highest BCUT2D eigenvalue weighted by molar-refractivity contribution is 5.85. The second kappa shape index (κ2) is 8.74. The molecule has 0 radical (unpaired) electrons. The van der Waals surface area contributed by atoms with Crippen molar-refractivity contribution in [2.75, 3.05) is 31.2 Å². The van der Waals surface area contributed by atoms with Gasteiger partial charge in [-0.2, -0.15) is 0 Å². The number of hydrogen-bond donors (Lipinski definition) is 1. The number of amides is 1. The lowest BCUT2D eigenvalue weighted by molar-refractivity contribution is -0.128. The Hall–Kier alpha value is -1.40. The molecule has 0 unspecified atom stereocenters. The van der Waals surface area contributed by atoms with E-state index >= 15 is 0 Å². The number of carbonyl (C=O) groups is 1. The van der Waals surface area contributed by atoms with Crippen LogP contribution in [0, 0.1) is 24.7 Å². The molecule has 1 saturated carbocycles. The molecule has 27 heavy (non-hydrogen) atoms. The maximum atomic E-state index is 12.8. The minimum Gasteiger partial charge on any atom is -0.381 e. The molecule has 2 aliphatic heterocycles. The third-order valence-electron chi connectivity index (χ3n) is 6.15. The van der Waals surface area contributed by atoms with Crippen LogP contribution in [0.3, 0.4) is 0 Å². The molecule has 3 heterocycles. The molecule has 3 aliphatic rings. The first-order chi connectivity index (χ1) is 12.7. The zero-order valence-electron chi connectivity index (χ0n) is 16.3. The van der Waals surface area contributed by atoms with Crippen LogP contribution in [-0.2, 0) is 16.0 Å². The number of halogens is 1. The lowest BCUT2D eigenvalue weighted by Crippen LogP contribution is -2.45. The van der Waals surface area contributed by atoms with Crippen LogP contribution in [-0.4, -0.2) is 48.2 Å². The summed E-state index contributed by atoms with van der Waals surface area (Å²) >= 11 is 0. The number of rotatable bonds is 5. The fourth-order valence-corrected chi connectivity index (χ4v) is 4.42. The summed E-state index contributed by atoms with van der Waals surface area (Å²) in [6.45, 7) is 7.37. The first kappa shape index (κ1) is 20.3. The summed E-state index contributed by atoms with van der Waals surface area (Å²) in [5.41, 5.74) is 1.20. The van der Waals surface area contributed by atoms with E-state index in [2.05, 4.69) is 22.1 Å². The average molecular weight is 395 g/mol.